The molecule has 678 valence electrons. The van der Waals surface area contributed by atoms with E-state index in [-0.39, 0.29) is 19.3 Å². The van der Waals surface area contributed by atoms with Gasteiger partial charge in [-0.05, 0) is 135 Å². The van der Waals surface area contributed by atoms with E-state index in [4.69, 9.17) is 32.3 Å². The van der Waals surface area contributed by atoms with Crippen LogP contribution in [0.15, 0.2) is 122 Å². The zero-order valence-corrected chi connectivity index (χ0v) is 76.6. The number of phosphoric ester groups is 2. The number of carbonyl (C=O) groups excluding carboxylic acids is 3. The second-order valence-electron chi connectivity index (χ2n) is 32.1. The lowest BCUT2D eigenvalue weighted by Gasteiger charge is -2.21. The van der Waals surface area contributed by atoms with Crippen LogP contribution in [0.2, 0.25) is 0 Å². The molecule has 0 aliphatic carbocycles. The van der Waals surface area contributed by atoms with E-state index in [9.17, 15) is 43.5 Å². The lowest BCUT2D eigenvalue weighted by Crippen LogP contribution is -2.30. The molecule has 5 atom stereocenters. The monoisotopic (exact) mass is 1680 g/mol. The summed E-state index contributed by atoms with van der Waals surface area (Å²) in [6.45, 7) is 2.59. The van der Waals surface area contributed by atoms with Crippen LogP contribution in [0.5, 0.6) is 0 Å². The third-order valence-electron chi connectivity index (χ3n) is 20.6. The predicted molar refractivity (Wildman–Crippen MR) is 491 cm³/mol. The van der Waals surface area contributed by atoms with Crippen LogP contribution in [-0.4, -0.2) is 95.9 Å². The molecule has 0 aromatic carbocycles. The standard InChI is InChI=1S/C99H176O16P2/c1-4-7-10-13-16-19-22-25-27-29-31-33-35-37-39-41-43-45-46-48-50-51-53-55-57-59-61-63-65-68-70-73-76-79-82-85-97(102)109-88-94(100)89-111-116(105,106)112-90-95(101)91-113-117(107,108)114-93-96(115-99(104)87-84-81-78-75-72-67-24-21-18-15-12-9-6-3)92-110-98(103)86-83-80-77-74-71-69-66-64-62-60-58-56-54-52-49-47-44-42-40-38-36-34-32-30-28-26-23-20-17-14-11-8-5-2/h7,10,16-17,19-21,24-28,31-34,37-40,94-96,100-101H,4-6,8-9,11-15,18,22-23,29-30,35-36,41-93H2,1-3H3,(H,105,106)(H,107,108)/b10-7-,19-16-,20-17-,24-21-,27-25-,28-26-,33-31-,34-32-,39-37-,40-38-. The summed E-state index contributed by atoms with van der Waals surface area (Å²) in [7, 11) is -9.79. The third kappa shape index (κ3) is 92.5. The first kappa shape index (κ1) is 113. The molecular formula is C99H176O16P2. The van der Waals surface area contributed by atoms with Gasteiger partial charge >= 0.3 is 33.6 Å². The molecular weight excluding hydrogens is 1510 g/mol. The summed E-state index contributed by atoms with van der Waals surface area (Å²) in [4.78, 5) is 58.9. The lowest BCUT2D eigenvalue weighted by molar-refractivity contribution is -0.161. The highest BCUT2D eigenvalue weighted by Crippen LogP contribution is 2.45. The molecule has 0 aliphatic rings. The van der Waals surface area contributed by atoms with Crippen LogP contribution in [0.3, 0.4) is 0 Å². The molecule has 16 nitrogen and oxygen atoms in total. The van der Waals surface area contributed by atoms with E-state index >= 15 is 0 Å². The van der Waals surface area contributed by atoms with Gasteiger partial charge in [-0.25, -0.2) is 9.13 Å². The summed E-state index contributed by atoms with van der Waals surface area (Å²) in [6.07, 6.45) is 113. The van der Waals surface area contributed by atoms with Crippen molar-refractivity contribution in [3.63, 3.8) is 0 Å². The minimum atomic E-state index is -4.93. The minimum Gasteiger partial charge on any atom is -0.463 e. The van der Waals surface area contributed by atoms with E-state index in [1.807, 2.05) is 0 Å². The van der Waals surface area contributed by atoms with Gasteiger partial charge < -0.3 is 34.2 Å². The van der Waals surface area contributed by atoms with Gasteiger partial charge in [0.25, 0.3) is 0 Å². The van der Waals surface area contributed by atoms with Crippen LogP contribution in [0.25, 0.3) is 0 Å². The highest BCUT2D eigenvalue weighted by atomic mass is 31.2. The Kier molecular flexibility index (Phi) is 88.0. The van der Waals surface area contributed by atoms with E-state index in [2.05, 4.69) is 142 Å². The maximum Gasteiger partial charge on any atom is 0.472 e. The van der Waals surface area contributed by atoms with E-state index in [1.165, 1.54) is 244 Å². The van der Waals surface area contributed by atoms with Crippen LogP contribution in [-0.2, 0) is 55.8 Å². The van der Waals surface area contributed by atoms with Crippen LogP contribution >= 0.6 is 15.6 Å². The number of phosphoric acid groups is 2. The number of rotatable bonds is 91. The largest absolute Gasteiger partial charge is 0.472 e. The topological polar surface area (TPSA) is 231 Å². The first-order valence-electron chi connectivity index (χ1n) is 47.8. The Morgan fingerprint density at radius 3 is 0.744 bits per heavy atom. The van der Waals surface area contributed by atoms with Crippen molar-refractivity contribution in [2.24, 2.45) is 0 Å². The molecule has 4 N–H and O–H groups in total. The highest BCUT2D eigenvalue weighted by molar-refractivity contribution is 7.47. The first-order valence-corrected chi connectivity index (χ1v) is 50.8. The number of allylic oxidation sites excluding steroid dienone is 20. The summed E-state index contributed by atoms with van der Waals surface area (Å²) >= 11 is 0. The Balaban J connectivity index is 4.34. The van der Waals surface area contributed by atoms with Gasteiger partial charge in [-0.2, -0.15) is 0 Å². The molecule has 0 saturated heterocycles. The van der Waals surface area contributed by atoms with Crippen molar-refractivity contribution in [2.75, 3.05) is 39.6 Å². The Morgan fingerprint density at radius 1 is 0.248 bits per heavy atom. The Bertz CT molecular complexity index is 2610. The number of carbonyl (C=O) groups is 3. The fraction of sp³-hybridized carbons (Fsp3) is 0.768. The first-order chi connectivity index (χ1) is 57.2. The average Bonchev–Trinajstić information content (AvgIpc) is 0.900. The van der Waals surface area contributed by atoms with E-state index in [1.54, 1.807) is 0 Å². The second-order valence-corrected chi connectivity index (χ2v) is 35.0. The van der Waals surface area contributed by atoms with Crippen molar-refractivity contribution in [2.45, 2.75) is 450 Å². The van der Waals surface area contributed by atoms with Crippen LogP contribution in [0.1, 0.15) is 432 Å². The number of hydrogen-bond donors (Lipinski definition) is 4. The summed E-state index contributed by atoms with van der Waals surface area (Å²) in [6, 6.07) is 0. The zero-order valence-electron chi connectivity index (χ0n) is 74.9. The fourth-order valence-electron chi connectivity index (χ4n) is 13.4. The molecule has 18 heteroatoms. The predicted octanol–water partition coefficient (Wildman–Crippen LogP) is 29.6. The molecule has 0 bridgehead atoms. The van der Waals surface area contributed by atoms with Gasteiger partial charge in [0.15, 0.2) is 6.10 Å². The van der Waals surface area contributed by atoms with Crippen molar-refractivity contribution in [3.05, 3.63) is 122 Å². The Morgan fingerprint density at radius 2 is 0.453 bits per heavy atom. The number of unbranched alkanes of at least 4 members (excludes halogenated alkanes) is 48. The normalized spacial score (nSPS) is 14.3. The van der Waals surface area contributed by atoms with E-state index in [0.29, 0.717) is 19.3 Å². The molecule has 0 aromatic heterocycles. The van der Waals surface area contributed by atoms with Crippen molar-refractivity contribution in [1.82, 2.24) is 0 Å². The van der Waals surface area contributed by atoms with Gasteiger partial charge in [0.1, 0.15) is 25.4 Å². The molecule has 0 amide bonds. The SMILES string of the molecule is CC/C=C\C/C=C\C/C=C\C/C=C\C/C=C\CCCCCCCCCCCCCCCCCCCCCC(=O)OCC(O)COP(=O)(O)OCC(O)COP(=O)(O)OCC(COC(=O)CCCCCCCCCCCCCCCCCCC/C=C\C/C=C\C/C=C\C/C=C\CCCCC)OC(=O)CCCCCCC/C=C\CCCCCC. The maximum atomic E-state index is 13.0. The smallest absolute Gasteiger partial charge is 0.463 e. The third-order valence-corrected chi connectivity index (χ3v) is 22.5. The quantitative estimate of drug-likeness (QED) is 0.0146. The average molecular weight is 1680 g/mol. The van der Waals surface area contributed by atoms with Gasteiger partial charge in [-0.1, -0.05) is 399 Å². The molecule has 117 heavy (non-hydrogen) atoms. The summed E-state index contributed by atoms with van der Waals surface area (Å²) in [5.74, 6) is -1.56. The molecule has 0 rings (SSSR count). The van der Waals surface area contributed by atoms with Crippen LogP contribution in [0.4, 0.5) is 0 Å². The van der Waals surface area contributed by atoms with Gasteiger partial charge in [0.2, 0.25) is 0 Å². The Labute approximate surface area is 716 Å². The fourth-order valence-corrected chi connectivity index (χ4v) is 15.0. The van der Waals surface area contributed by atoms with Crippen molar-refractivity contribution in [3.8, 4) is 0 Å². The van der Waals surface area contributed by atoms with Crippen LogP contribution in [0, 0.1) is 0 Å². The number of aliphatic hydroxyl groups is 2. The minimum absolute atomic E-state index is 0.0968. The lowest BCUT2D eigenvalue weighted by atomic mass is 10.0. The summed E-state index contributed by atoms with van der Waals surface area (Å²) in [5, 5.41) is 20.7. The van der Waals surface area contributed by atoms with Crippen LogP contribution < -0.4 is 0 Å². The maximum absolute atomic E-state index is 13.0. The summed E-state index contributed by atoms with van der Waals surface area (Å²) < 4.78 is 61.4. The second kappa shape index (κ2) is 91.2. The zero-order chi connectivity index (χ0) is 85.1. The number of hydrogen-bond acceptors (Lipinski definition) is 14. The molecule has 0 radical (unpaired) electrons. The highest BCUT2D eigenvalue weighted by Gasteiger charge is 2.30. The molecule has 0 aliphatic heterocycles. The summed E-state index contributed by atoms with van der Waals surface area (Å²) in [5.41, 5.74) is 0. The molecule has 0 heterocycles. The van der Waals surface area contributed by atoms with Gasteiger partial charge in [0.05, 0.1) is 26.4 Å². The van der Waals surface area contributed by atoms with E-state index < -0.39 is 91.5 Å². The van der Waals surface area contributed by atoms with Crippen molar-refractivity contribution >= 4 is 33.6 Å². The Hall–Kier alpha value is -4.05. The van der Waals surface area contributed by atoms with Gasteiger partial charge in [0, 0.05) is 19.3 Å². The molecule has 0 saturated carbocycles. The molecule has 0 spiro atoms. The number of aliphatic hydroxyl groups excluding tert-OH is 2. The van der Waals surface area contributed by atoms with Crippen molar-refractivity contribution < 1.29 is 75.8 Å². The van der Waals surface area contributed by atoms with E-state index in [0.717, 1.165) is 128 Å². The van der Waals surface area contributed by atoms with Gasteiger partial charge in [-0.3, -0.25) is 32.5 Å². The molecule has 0 fully saturated rings. The van der Waals surface area contributed by atoms with Gasteiger partial charge in [-0.15, -0.1) is 0 Å². The molecule has 5 unspecified atom stereocenters. The number of esters is 3. The molecule has 0 aromatic rings. The van der Waals surface area contributed by atoms with Crippen molar-refractivity contribution in [1.29, 1.82) is 0 Å². The number of ether oxygens (including phenoxy) is 3.